The van der Waals surface area contributed by atoms with Gasteiger partial charge in [0.2, 0.25) is 0 Å². The van der Waals surface area contributed by atoms with Gasteiger partial charge in [-0.3, -0.25) is 4.90 Å². The predicted octanol–water partition coefficient (Wildman–Crippen LogP) is 2.32. The van der Waals surface area contributed by atoms with E-state index in [1.165, 1.54) is 6.42 Å². The molecule has 2 fully saturated rings. The minimum absolute atomic E-state index is 0.455. The number of carbonyl (C=O) groups is 1. The van der Waals surface area contributed by atoms with Gasteiger partial charge in [0.15, 0.2) is 0 Å². The summed E-state index contributed by atoms with van der Waals surface area (Å²) in [5.41, 5.74) is 1.05. The Bertz CT molecular complexity index is 573. The van der Waals surface area contributed by atoms with Crippen LogP contribution in [-0.4, -0.2) is 64.1 Å². The van der Waals surface area contributed by atoms with Crippen molar-refractivity contribution in [3.8, 4) is 0 Å². The summed E-state index contributed by atoms with van der Waals surface area (Å²) in [6.07, 6.45) is -3.43. The number of thioether (sulfide) groups is 1. The molecule has 0 aromatic carbocycles. The molecule has 10 heteroatoms. The number of alkyl halides is 3. The summed E-state index contributed by atoms with van der Waals surface area (Å²) >= 11 is 2.07. The van der Waals surface area contributed by atoms with Crippen molar-refractivity contribution in [3.05, 3.63) is 17.5 Å². The summed E-state index contributed by atoms with van der Waals surface area (Å²) in [7, 11) is 1.82. The molecule has 1 atom stereocenters. The molecule has 0 aliphatic carbocycles. The molecular formula is C14H19F3N2O4S. The lowest BCUT2D eigenvalue weighted by molar-refractivity contribution is -0.192. The molecule has 2 saturated heterocycles. The van der Waals surface area contributed by atoms with Crippen LogP contribution in [0.4, 0.5) is 13.2 Å². The Labute approximate surface area is 141 Å². The molecule has 1 aromatic rings. The van der Waals surface area contributed by atoms with Gasteiger partial charge in [-0.15, -0.1) is 11.8 Å². The molecule has 3 rings (SSSR count). The molecule has 2 aliphatic heterocycles. The number of hydrogen-bond donors (Lipinski definition) is 1. The average Bonchev–Trinajstić information content (AvgIpc) is 3.05. The van der Waals surface area contributed by atoms with Crippen molar-refractivity contribution < 1.29 is 32.3 Å². The molecule has 0 saturated carbocycles. The summed E-state index contributed by atoms with van der Waals surface area (Å²) in [6.45, 7) is 5.16. The molecule has 6 nitrogen and oxygen atoms in total. The van der Waals surface area contributed by atoms with Gasteiger partial charge >= 0.3 is 12.1 Å². The lowest BCUT2D eigenvalue weighted by Crippen LogP contribution is -2.58. The maximum atomic E-state index is 10.6. The van der Waals surface area contributed by atoms with Crippen LogP contribution in [-0.2, 0) is 16.1 Å². The summed E-state index contributed by atoms with van der Waals surface area (Å²) in [6, 6.07) is 2.02. The van der Waals surface area contributed by atoms with Gasteiger partial charge in [-0.2, -0.15) is 13.2 Å². The van der Waals surface area contributed by atoms with Crippen LogP contribution < -0.4 is 0 Å². The van der Waals surface area contributed by atoms with E-state index in [0.29, 0.717) is 10.9 Å². The largest absolute Gasteiger partial charge is 0.490 e. The average molecular weight is 368 g/mol. The molecule has 1 aromatic heterocycles. The van der Waals surface area contributed by atoms with Crippen molar-refractivity contribution in [2.24, 2.45) is 0 Å². The minimum Gasteiger partial charge on any atom is -0.475 e. The number of rotatable bonds is 3. The highest BCUT2D eigenvalue weighted by atomic mass is 32.2. The standard InChI is InChI=1S/C12H18N2O2S.C2HF3O2/c1-9-3-10(13-16-9)5-14-7-12(8-14)4-11(15-2)6-17-12;3-2(4,5)1(6)7/h3,11H,4-8H2,1-2H3;(H,6,7). The highest BCUT2D eigenvalue weighted by Gasteiger charge is 2.49. The normalized spacial score (nSPS) is 22.8. The number of aliphatic carboxylic acids is 1. The summed E-state index contributed by atoms with van der Waals surface area (Å²) in [4.78, 5) is 11.3. The highest BCUT2D eigenvalue weighted by Crippen LogP contribution is 2.46. The van der Waals surface area contributed by atoms with Crippen molar-refractivity contribution in [3.63, 3.8) is 0 Å². The second-order valence-corrected chi connectivity index (χ2v) is 7.42. The first-order chi connectivity index (χ1) is 11.1. The molecule has 0 amide bonds. The molecule has 1 spiro atoms. The fourth-order valence-corrected chi connectivity index (χ4v) is 4.42. The van der Waals surface area contributed by atoms with Crippen LogP contribution in [0.25, 0.3) is 0 Å². The molecule has 0 bridgehead atoms. The summed E-state index contributed by atoms with van der Waals surface area (Å²) in [5.74, 6) is -0.717. The van der Waals surface area contributed by atoms with E-state index < -0.39 is 12.1 Å². The maximum Gasteiger partial charge on any atom is 0.490 e. The van der Waals surface area contributed by atoms with Crippen molar-refractivity contribution in [2.75, 3.05) is 26.0 Å². The predicted molar refractivity (Wildman–Crippen MR) is 80.8 cm³/mol. The van der Waals surface area contributed by atoms with Crippen LogP contribution >= 0.6 is 11.8 Å². The first kappa shape index (κ1) is 19.1. The van der Waals surface area contributed by atoms with Crippen LogP contribution in [0, 0.1) is 6.92 Å². The summed E-state index contributed by atoms with van der Waals surface area (Å²) in [5, 5.41) is 11.2. The molecule has 2 aliphatic rings. The minimum atomic E-state index is -5.08. The van der Waals surface area contributed by atoms with Gasteiger partial charge in [-0.05, 0) is 13.3 Å². The molecule has 136 valence electrons. The van der Waals surface area contributed by atoms with Crippen molar-refractivity contribution >= 4 is 17.7 Å². The van der Waals surface area contributed by atoms with Crippen LogP contribution in [0.2, 0.25) is 0 Å². The van der Waals surface area contributed by atoms with Crippen LogP contribution in [0.5, 0.6) is 0 Å². The van der Waals surface area contributed by atoms with E-state index in [9.17, 15) is 13.2 Å². The topological polar surface area (TPSA) is 75.8 Å². The van der Waals surface area contributed by atoms with Gasteiger partial charge in [-0.1, -0.05) is 5.16 Å². The number of methoxy groups -OCH3 is 1. The number of carboxylic acids is 1. The molecule has 24 heavy (non-hydrogen) atoms. The highest BCUT2D eigenvalue weighted by molar-refractivity contribution is 8.01. The molecular weight excluding hydrogens is 349 g/mol. The van der Waals surface area contributed by atoms with Gasteiger partial charge < -0.3 is 14.4 Å². The van der Waals surface area contributed by atoms with Gasteiger partial charge in [0.05, 0.1) is 11.8 Å². The fraction of sp³-hybridized carbons (Fsp3) is 0.714. The zero-order valence-corrected chi connectivity index (χ0v) is 14.1. The van der Waals surface area contributed by atoms with Crippen LogP contribution in [0.15, 0.2) is 10.6 Å². The van der Waals surface area contributed by atoms with E-state index in [1.807, 2.05) is 20.1 Å². The first-order valence-electron chi connectivity index (χ1n) is 7.25. The third-order valence-electron chi connectivity index (χ3n) is 3.84. The van der Waals surface area contributed by atoms with E-state index in [2.05, 4.69) is 21.8 Å². The number of ether oxygens (including phenoxy) is 1. The monoisotopic (exact) mass is 368 g/mol. The van der Waals surface area contributed by atoms with Gasteiger partial charge in [0.1, 0.15) is 5.76 Å². The molecule has 0 radical (unpaired) electrons. The Morgan fingerprint density at radius 2 is 2.21 bits per heavy atom. The van der Waals surface area contributed by atoms with Gasteiger partial charge in [-0.25, -0.2) is 4.79 Å². The quantitative estimate of drug-likeness (QED) is 0.877. The second-order valence-electron chi connectivity index (χ2n) is 5.93. The van der Waals surface area contributed by atoms with E-state index in [1.54, 1.807) is 0 Å². The molecule has 1 N–H and O–H groups in total. The number of nitrogens with zero attached hydrogens (tertiary/aromatic N) is 2. The van der Waals surface area contributed by atoms with Gasteiger partial charge in [0, 0.05) is 43.3 Å². The Kier molecular flexibility index (Phi) is 5.82. The Morgan fingerprint density at radius 1 is 1.58 bits per heavy atom. The first-order valence-corrected chi connectivity index (χ1v) is 8.23. The molecule has 3 heterocycles. The van der Waals surface area contributed by atoms with E-state index >= 15 is 0 Å². The third-order valence-corrected chi connectivity index (χ3v) is 5.41. The Hall–Kier alpha value is -1.26. The van der Waals surface area contributed by atoms with Gasteiger partial charge in [0.25, 0.3) is 0 Å². The number of hydrogen-bond acceptors (Lipinski definition) is 6. The van der Waals surface area contributed by atoms with E-state index in [4.69, 9.17) is 19.2 Å². The molecule has 1 unspecified atom stereocenters. The van der Waals surface area contributed by atoms with Crippen molar-refractivity contribution in [2.45, 2.75) is 36.9 Å². The number of likely N-dealkylation sites (tertiary alicyclic amines) is 1. The lowest BCUT2D eigenvalue weighted by Gasteiger charge is -2.47. The summed E-state index contributed by atoms with van der Waals surface area (Å²) < 4.78 is 42.7. The lowest BCUT2D eigenvalue weighted by atomic mass is 9.93. The van der Waals surface area contributed by atoms with E-state index in [0.717, 1.165) is 36.8 Å². The fourth-order valence-electron chi connectivity index (χ4n) is 2.78. The van der Waals surface area contributed by atoms with Crippen LogP contribution in [0.1, 0.15) is 17.9 Å². The Morgan fingerprint density at radius 3 is 2.62 bits per heavy atom. The second kappa shape index (κ2) is 7.32. The maximum absolute atomic E-state index is 10.6. The number of aryl methyl sites for hydroxylation is 1. The van der Waals surface area contributed by atoms with E-state index in [-0.39, 0.29) is 0 Å². The number of halogens is 3. The zero-order chi connectivity index (χ0) is 18.0. The van der Waals surface area contributed by atoms with Crippen molar-refractivity contribution in [1.29, 1.82) is 0 Å². The number of aromatic nitrogens is 1. The SMILES string of the molecule is COC1CSC2(C1)CN(Cc1cc(C)on1)C2.O=C(O)C(F)(F)F. The van der Waals surface area contributed by atoms with Crippen molar-refractivity contribution in [1.82, 2.24) is 10.1 Å². The third kappa shape index (κ3) is 4.87. The Balaban J connectivity index is 0.000000256. The zero-order valence-electron chi connectivity index (χ0n) is 13.3. The smallest absolute Gasteiger partial charge is 0.475 e. The van der Waals surface area contributed by atoms with Crippen LogP contribution in [0.3, 0.4) is 0 Å². The number of carboxylic acid groups (broad SMARTS) is 1.